The molecule has 2 heterocycles. The number of hydrogen-bond acceptors (Lipinski definition) is 4. The molecular formula is C19H28F2N4OS. The number of ether oxygens (including phenoxy) is 1. The normalized spacial score (nSPS) is 22.7. The van der Waals surface area contributed by atoms with Crippen LogP contribution in [0.2, 0.25) is 0 Å². The van der Waals surface area contributed by atoms with Crippen molar-refractivity contribution >= 4 is 23.4 Å². The first kappa shape index (κ1) is 20.2. The molecule has 2 aliphatic rings. The van der Waals surface area contributed by atoms with Crippen molar-refractivity contribution in [2.45, 2.75) is 30.1 Å². The molecule has 0 radical (unpaired) electrons. The van der Waals surface area contributed by atoms with Crippen molar-refractivity contribution in [1.29, 1.82) is 0 Å². The van der Waals surface area contributed by atoms with Crippen molar-refractivity contribution in [3.05, 3.63) is 29.8 Å². The van der Waals surface area contributed by atoms with Crippen LogP contribution in [0.5, 0.6) is 0 Å². The van der Waals surface area contributed by atoms with Gasteiger partial charge in [0, 0.05) is 50.7 Å². The van der Waals surface area contributed by atoms with Crippen molar-refractivity contribution in [2.24, 2.45) is 4.99 Å². The van der Waals surface area contributed by atoms with E-state index in [2.05, 4.69) is 21.9 Å². The number of halogens is 2. The van der Waals surface area contributed by atoms with Crippen LogP contribution in [-0.2, 0) is 4.74 Å². The van der Waals surface area contributed by atoms with Gasteiger partial charge in [0.05, 0.1) is 0 Å². The number of aliphatic imine (C=N–C) groups is 1. The van der Waals surface area contributed by atoms with Gasteiger partial charge in [0.2, 0.25) is 0 Å². The fraction of sp³-hybridized carbons (Fsp3) is 0.632. The largest absolute Gasteiger partial charge is 0.381 e. The van der Waals surface area contributed by atoms with E-state index in [4.69, 9.17) is 4.74 Å². The minimum Gasteiger partial charge on any atom is -0.381 e. The zero-order chi connectivity index (χ0) is 19.3. The third-order valence-electron chi connectivity index (χ3n) is 5.42. The van der Waals surface area contributed by atoms with Gasteiger partial charge in [0.15, 0.2) is 5.96 Å². The van der Waals surface area contributed by atoms with Gasteiger partial charge in [0.1, 0.15) is 17.3 Å². The third kappa shape index (κ3) is 4.85. The molecule has 1 aromatic rings. The predicted molar refractivity (Wildman–Crippen MR) is 108 cm³/mol. The van der Waals surface area contributed by atoms with Crippen LogP contribution in [0.4, 0.5) is 14.5 Å². The summed E-state index contributed by atoms with van der Waals surface area (Å²) in [4.78, 5) is 6.08. The molecule has 0 saturated carbocycles. The number of rotatable bonds is 5. The predicted octanol–water partition coefficient (Wildman–Crippen LogP) is 2.62. The zero-order valence-electron chi connectivity index (χ0n) is 15.9. The van der Waals surface area contributed by atoms with Crippen LogP contribution in [0.25, 0.3) is 0 Å². The molecule has 0 aliphatic carbocycles. The van der Waals surface area contributed by atoms with E-state index < -0.39 is 11.6 Å². The number of anilines is 1. The standard InChI is InChI=1S/C19H28F2N4OS/c1-22-18(23-13-19(27-2)7-10-26-11-8-19)24-14-6-9-25(12-14)17-15(20)4-3-5-16(17)21/h3-5,14H,6-13H2,1-2H3,(H2,22,23,24). The van der Waals surface area contributed by atoms with Gasteiger partial charge < -0.3 is 20.3 Å². The molecule has 0 amide bonds. The highest BCUT2D eigenvalue weighted by Crippen LogP contribution is 2.33. The smallest absolute Gasteiger partial charge is 0.191 e. The summed E-state index contributed by atoms with van der Waals surface area (Å²) in [6.45, 7) is 3.55. The Kier molecular flexibility index (Phi) is 6.81. The maximum Gasteiger partial charge on any atom is 0.191 e. The lowest BCUT2D eigenvalue weighted by Crippen LogP contribution is -2.50. The van der Waals surface area contributed by atoms with Crippen molar-refractivity contribution in [3.63, 3.8) is 0 Å². The van der Waals surface area contributed by atoms with E-state index in [0.717, 1.165) is 45.0 Å². The minimum absolute atomic E-state index is 0.0632. The van der Waals surface area contributed by atoms with Gasteiger partial charge in [-0.2, -0.15) is 11.8 Å². The van der Waals surface area contributed by atoms with Crippen LogP contribution < -0.4 is 15.5 Å². The summed E-state index contributed by atoms with van der Waals surface area (Å²) in [5, 5.41) is 6.83. The highest BCUT2D eigenvalue weighted by molar-refractivity contribution is 8.00. The summed E-state index contributed by atoms with van der Waals surface area (Å²) in [6, 6.07) is 4.09. The van der Waals surface area contributed by atoms with E-state index in [0.29, 0.717) is 13.1 Å². The van der Waals surface area contributed by atoms with Crippen LogP contribution in [0, 0.1) is 11.6 Å². The van der Waals surface area contributed by atoms with E-state index >= 15 is 0 Å². The van der Waals surface area contributed by atoms with Gasteiger partial charge in [-0.1, -0.05) is 6.07 Å². The minimum atomic E-state index is -0.514. The van der Waals surface area contributed by atoms with Crippen LogP contribution >= 0.6 is 11.8 Å². The number of benzene rings is 1. The van der Waals surface area contributed by atoms with Gasteiger partial charge in [-0.15, -0.1) is 0 Å². The summed E-state index contributed by atoms with van der Waals surface area (Å²) in [6.07, 6.45) is 4.97. The highest BCUT2D eigenvalue weighted by Gasteiger charge is 2.32. The molecule has 5 nitrogen and oxygen atoms in total. The second-order valence-corrected chi connectivity index (χ2v) is 8.35. The van der Waals surface area contributed by atoms with Crippen molar-refractivity contribution in [3.8, 4) is 0 Å². The Bertz CT molecular complexity index is 647. The Morgan fingerprint density at radius 2 is 2.04 bits per heavy atom. The summed E-state index contributed by atoms with van der Waals surface area (Å²) in [5.74, 6) is -0.296. The van der Waals surface area contributed by atoms with Gasteiger partial charge in [-0.05, 0) is 37.7 Å². The van der Waals surface area contributed by atoms with Crippen molar-refractivity contribution < 1.29 is 13.5 Å². The van der Waals surface area contributed by atoms with E-state index in [-0.39, 0.29) is 16.5 Å². The third-order valence-corrected chi connectivity index (χ3v) is 6.84. The summed E-state index contributed by atoms with van der Waals surface area (Å²) in [7, 11) is 1.74. The number of guanidine groups is 1. The Labute approximate surface area is 163 Å². The summed E-state index contributed by atoms with van der Waals surface area (Å²) < 4.78 is 33.7. The molecule has 0 aromatic heterocycles. The average Bonchev–Trinajstić information content (AvgIpc) is 3.13. The number of nitrogens with zero attached hydrogens (tertiary/aromatic N) is 2. The van der Waals surface area contributed by atoms with Crippen LogP contribution in [0.1, 0.15) is 19.3 Å². The highest BCUT2D eigenvalue weighted by atomic mass is 32.2. The fourth-order valence-corrected chi connectivity index (χ4v) is 4.49. The SMILES string of the molecule is CN=C(NCC1(SC)CCOCC1)NC1CCN(c2c(F)cccc2F)C1. The topological polar surface area (TPSA) is 48.9 Å². The lowest BCUT2D eigenvalue weighted by molar-refractivity contribution is 0.0782. The molecule has 8 heteroatoms. The Morgan fingerprint density at radius 1 is 1.33 bits per heavy atom. The molecular weight excluding hydrogens is 370 g/mol. The molecule has 1 atom stereocenters. The molecule has 2 saturated heterocycles. The lowest BCUT2D eigenvalue weighted by atomic mass is 9.99. The van der Waals surface area contributed by atoms with Gasteiger partial charge in [-0.25, -0.2) is 8.78 Å². The fourth-order valence-electron chi connectivity index (χ4n) is 3.70. The summed E-state index contributed by atoms with van der Waals surface area (Å²) >= 11 is 1.87. The van der Waals surface area contributed by atoms with Crippen LogP contribution in [0.3, 0.4) is 0 Å². The second kappa shape index (κ2) is 9.10. The molecule has 3 rings (SSSR count). The quantitative estimate of drug-likeness (QED) is 0.590. The average molecular weight is 399 g/mol. The molecule has 1 unspecified atom stereocenters. The Morgan fingerprint density at radius 3 is 2.67 bits per heavy atom. The monoisotopic (exact) mass is 398 g/mol. The van der Waals surface area contributed by atoms with E-state index in [1.165, 1.54) is 18.2 Å². The first-order chi connectivity index (χ1) is 13.1. The maximum absolute atomic E-state index is 14.0. The number of nitrogens with one attached hydrogen (secondary N) is 2. The molecule has 0 bridgehead atoms. The molecule has 1 aromatic carbocycles. The van der Waals surface area contributed by atoms with Crippen molar-refractivity contribution in [2.75, 3.05) is 51.1 Å². The first-order valence-corrected chi connectivity index (χ1v) is 10.6. The number of thioether (sulfide) groups is 1. The Balaban J connectivity index is 1.55. The molecule has 2 fully saturated rings. The molecule has 0 spiro atoms. The van der Waals surface area contributed by atoms with Gasteiger partial charge in [0.25, 0.3) is 0 Å². The van der Waals surface area contributed by atoms with Crippen LogP contribution in [0.15, 0.2) is 23.2 Å². The first-order valence-electron chi connectivity index (χ1n) is 9.36. The van der Waals surface area contributed by atoms with E-state index in [1.807, 2.05) is 11.8 Å². The molecule has 2 aliphatic heterocycles. The maximum atomic E-state index is 14.0. The molecule has 27 heavy (non-hydrogen) atoms. The second-order valence-electron chi connectivity index (χ2n) is 7.07. The van der Waals surface area contributed by atoms with Crippen LogP contribution in [-0.4, -0.2) is 62.9 Å². The van der Waals surface area contributed by atoms with E-state index in [1.54, 1.807) is 11.9 Å². The molecule has 150 valence electrons. The molecule has 2 N–H and O–H groups in total. The number of para-hydroxylation sites is 1. The zero-order valence-corrected chi connectivity index (χ0v) is 16.7. The van der Waals surface area contributed by atoms with Crippen molar-refractivity contribution in [1.82, 2.24) is 10.6 Å². The van der Waals surface area contributed by atoms with E-state index in [9.17, 15) is 8.78 Å². The summed E-state index contributed by atoms with van der Waals surface area (Å²) in [5.41, 5.74) is 0.0632. The van der Waals surface area contributed by atoms with Gasteiger partial charge >= 0.3 is 0 Å². The van der Waals surface area contributed by atoms with Gasteiger partial charge in [-0.3, -0.25) is 4.99 Å². The lowest BCUT2D eigenvalue weighted by Gasteiger charge is -2.36. The number of hydrogen-bond donors (Lipinski definition) is 2. The Hall–Kier alpha value is -1.54.